The maximum Gasteiger partial charge on any atom is 0.123 e. The van der Waals surface area contributed by atoms with E-state index in [0.29, 0.717) is 6.54 Å². The lowest BCUT2D eigenvalue weighted by Crippen LogP contribution is -2.58. The lowest BCUT2D eigenvalue weighted by molar-refractivity contribution is -0.0648. The number of halogens is 1. The molecule has 2 N–H and O–H groups in total. The average molecular weight is 280 g/mol. The smallest absolute Gasteiger partial charge is 0.123 e. The third-order valence-electron chi connectivity index (χ3n) is 4.27. The van der Waals surface area contributed by atoms with Crippen molar-refractivity contribution in [1.29, 1.82) is 0 Å². The van der Waals surface area contributed by atoms with Crippen molar-refractivity contribution in [2.24, 2.45) is 5.73 Å². The minimum atomic E-state index is -0.185. The summed E-state index contributed by atoms with van der Waals surface area (Å²) in [5, 5.41) is 0. The van der Waals surface area contributed by atoms with Crippen molar-refractivity contribution < 1.29 is 9.13 Å². The molecule has 1 saturated heterocycles. The first-order valence-electron chi connectivity index (χ1n) is 7.38. The second-order valence-electron chi connectivity index (χ2n) is 5.85. The highest BCUT2D eigenvalue weighted by Gasteiger charge is 2.34. The van der Waals surface area contributed by atoms with Gasteiger partial charge in [0.1, 0.15) is 5.82 Å². The molecule has 1 fully saturated rings. The Bertz CT molecular complexity index is 440. The van der Waals surface area contributed by atoms with Gasteiger partial charge in [-0.3, -0.25) is 4.90 Å². The molecule has 3 nitrogen and oxygen atoms in total. The quantitative estimate of drug-likeness (QED) is 0.898. The largest absolute Gasteiger partial charge is 0.376 e. The van der Waals surface area contributed by atoms with Gasteiger partial charge in [-0.15, -0.1) is 0 Å². The standard InChI is InChI=1S/C16H25FN2O/c1-3-15-11-19(7-8-20-15)16(2,12-18)10-13-5-4-6-14(17)9-13/h4-6,9,15H,3,7-8,10-12,18H2,1-2H3. The summed E-state index contributed by atoms with van der Waals surface area (Å²) < 4.78 is 19.1. The summed E-state index contributed by atoms with van der Waals surface area (Å²) in [6.07, 6.45) is 2.05. The number of ether oxygens (including phenoxy) is 1. The topological polar surface area (TPSA) is 38.5 Å². The third kappa shape index (κ3) is 3.57. The van der Waals surface area contributed by atoms with Crippen LogP contribution in [0.2, 0.25) is 0 Å². The van der Waals surface area contributed by atoms with E-state index in [0.717, 1.165) is 38.1 Å². The third-order valence-corrected chi connectivity index (χ3v) is 4.27. The maximum atomic E-state index is 13.3. The number of benzene rings is 1. The van der Waals surface area contributed by atoms with Crippen LogP contribution in [0.1, 0.15) is 25.8 Å². The first-order valence-corrected chi connectivity index (χ1v) is 7.38. The Morgan fingerprint density at radius 1 is 1.50 bits per heavy atom. The minimum Gasteiger partial charge on any atom is -0.376 e. The van der Waals surface area contributed by atoms with Crippen molar-refractivity contribution in [1.82, 2.24) is 4.90 Å². The molecule has 20 heavy (non-hydrogen) atoms. The molecule has 2 atom stereocenters. The summed E-state index contributed by atoms with van der Waals surface area (Å²) in [5.74, 6) is -0.185. The average Bonchev–Trinajstić information content (AvgIpc) is 2.47. The number of rotatable bonds is 5. The molecule has 2 unspecified atom stereocenters. The molecule has 1 aliphatic heterocycles. The Hall–Kier alpha value is -0.970. The Morgan fingerprint density at radius 2 is 2.30 bits per heavy atom. The van der Waals surface area contributed by atoms with Crippen LogP contribution >= 0.6 is 0 Å². The summed E-state index contributed by atoms with van der Waals surface area (Å²) in [6.45, 7) is 7.40. The second-order valence-corrected chi connectivity index (χ2v) is 5.85. The zero-order valence-corrected chi connectivity index (χ0v) is 12.4. The van der Waals surface area contributed by atoms with Crippen LogP contribution < -0.4 is 5.73 Å². The van der Waals surface area contributed by atoms with Crippen molar-refractivity contribution in [3.05, 3.63) is 35.6 Å². The SMILES string of the molecule is CCC1CN(C(C)(CN)Cc2cccc(F)c2)CCO1. The van der Waals surface area contributed by atoms with E-state index in [9.17, 15) is 4.39 Å². The van der Waals surface area contributed by atoms with E-state index in [-0.39, 0.29) is 17.5 Å². The Morgan fingerprint density at radius 3 is 2.95 bits per heavy atom. The molecular weight excluding hydrogens is 255 g/mol. The molecule has 0 radical (unpaired) electrons. The number of hydrogen-bond acceptors (Lipinski definition) is 3. The van der Waals surface area contributed by atoms with Gasteiger partial charge in [-0.2, -0.15) is 0 Å². The van der Waals surface area contributed by atoms with Gasteiger partial charge in [0.15, 0.2) is 0 Å². The van der Waals surface area contributed by atoms with Crippen molar-refractivity contribution in [3.63, 3.8) is 0 Å². The Kier molecular flexibility index (Phi) is 5.13. The van der Waals surface area contributed by atoms with E-state index in [1.165, 1.54) is 6.07 Å². The van der Waals surface area contributed by atoms with Crippen LogP contribution in [0.25, 0.3) is 0 Å². The van der Waals surface area contributed by atoms with Gasteiger partial charge < -0.3 is 10.5 Å². The number of hydrogen-bond donors (Lipinski definition) is 1. The van der Waals surface area contributed by atoms with Gasteiger partial charge >= 0.3 is 0 Å². The highest BCUT2D eigenvalue weighted by molar-refractivity contribution is 5.19. The van der Waals surface area contributed by atoms with Crippen LogP contribution in [0.5, 0.6) is 0 Å². The van der Waals surface area contributed by atoms with Crippen LogP contribution in [0.4, 0.5) is 4.39 Å². The predicted octanol–water partition coefficient (Wildman–Crippen LogP) is 2.20. The van der Waals surface area contributed by atoms with E-state index >= 15 is 0 Å². The summed E-state index contributed by atoms with van der Waals surface area (Å²) >= 11 is 0. The molecular formula is C16H25FN2O. The predicted molar refractivity (Wildman–Crippen MR) is 79.2 cm³/mol. The molecule has 4 heteroatoms. The molecule has 1 aromatic carbocycles. The molecule has 2 rings (SSSR count). The van der Waals surface area contributed by atoms with Crippen LogP contribution in [0.15, 0.2) is 24.3 Å². The monoisotopic (exact) mass is 280 g/mol. The van der Waals surface area contributed by atoms with Crippen molar-refractivity contribution in [3.8, 4) is 0 Å². The van der Waals surface area contributed by atoms with E-state index in [4.69, 9.17) is 10.5 Å². The Balaban J connectivity index is 2.11. The van der Waals surface area contributed by atoms with E-state index in [2.05, 4.69) is 18.7 Å². The van der Waals surface area contributed by atoms with Crippen LogP contribution in [-0.4, -0.2) is 42.8 Å². The van der Waals surface area contributed by atoms with Gasteiger partial charge in [0.05, 0.1) is 12.7 Å². The summed E-state index contributed by atoms with van der Waals surface area (Å²) in [4.78, 5) is 2.40. The van der Waals surface area contributed by atoms with E-state index < -0.39 is 0 Å². The fraction of sp³-hybridized carbons (Fsp3) is 0.625. The molecule has 1 heterocycles. The highest BCUT2D eigenvalue weighted by atomic mass is 19.1. The molecule has 0 bridgehead atoms. The minimum absolute atomic E-state index is 0.148. The number of nitrogens with zero attached hydrogens (tertiary/aromatic N) is 1. The lowest BCUT2D eigenvalue weighted by atomic mass is 9.90. The molecule has 0 amide bonds. The normalized spacial score (nSPS) is 23.5. The zero-order valence-electron chi connectivity index (χ0n) is 12.4. The maximum absolute atomic E-state index is 13.3. The molecule has 112 valence electrons. The summed E-state index contributed by atoms with van der Waals surface area (Å²) in [6, 6.07) is 6.81. The van der Waals surface area contributed by atoms with Crippen molar-refractivity contribution in [2.45, 2.75) is 38.3 Å². The first kappa shape index (κ1) is 15.4. The summed E-state index contributed by atoms with van der Waals surface area (Å²) in [5.41, 5.74) is 6.88. The highest BCUT2D eigenvalue weighted by Crippen LogP contribution is 2.24. The molecule has 1 aliphatic rings. The molecule has 1 aromatic rings. The lowest BCUT2D eigenvalue weighted by Gasteiger charge is -2.45. The molecule has 0 aliphatic carbocycles. The fourth-order valence-corrected chi connectivity index (χ4v) is 2.86. The van der Waals surface area contributed by atoms with Gasteiger partial charge in [-0.05, 0) is 37.5 Å². The molecule has 0 aromatic heterocycles. The molecule has 0 spiro atoms. The summed E-state index contributed by atoms with van der Waals surface area (Å²) in [7, 11) is 0. The van der Waals surface area contributed by atoms with Crippen LogP contribution in [0, 0.1) is 5.82 Å². The first-order chi connectivity index (χ1) is 9.57. The van der Waals surface area contributed by atoms with Crippen molar-refractivity contribution in [2.75, 3.05) is 26.2 Å². The molecule has 0 saturated carbocycles. The van der Waals surface area contributed by atoms with E-state index in [1.54, 1.807) is 12.1 Å². The van der Waals surface area contributed by atoms with Crippen molar-refractivity contribution >= 4 is 0 Å². The van der Waals surface area contributed by atoms with Crippen LogP contribution in [-0.2, 0) is 11.2 Å². The van der Waals surface area contributed by atoms with Gasteiger partial charge in [0.25, 0.3) is 0 Å². The van der Waals surface area contributed by atoms with Gasteiger partial charge in [-0.25, -0.2) is 4.39 Å². The van der Waals surface area contributed by atoms with Crippen LogP contribution in [0.3, 0.4) is 0 Å². The van der Waals surface area contributed by atoms with Gasteiger partial charge in [-0.1, -0.05) is 19.1 Å². The Labute approximate surface area is 120 Å². The van der Waals surface area contributed by atoms with Gasteiger partial charge in [0.2, 0.25) is 0 Å². The second kappa shape index (κ2) is 6.66. The number of nitrogens with two attached hydrogens (primary N) is 1. The number of morpholine rings is 1. The van der Waals surface area contributed by atoms with E-state index in [1.807, 2.05) is 6.07 Å². The van der Waals surface area contributed by atoms with Gasteiger partial charge in [0, 0.05) is 25.2 Å². The fourth-order valence-electron chi connectivity index (χ4n) is 2.86. The zero-order chi connectivity index (χ0) is 14.6.